The summed E-state index contributed by atoms with van der Waals surface area (Å²) in [7, 11) is 0. The SMILES string of the molecule is Cc1cccc2c1NC(C(=O)NC1CCC(C(F)(F)F)CC1)C2. The Bertz CT molecular complexity index is 592. The lowest BCUT2D eigenvalue weighted by Crippen LogP contribution is -2.46. The summed E-state index contributed by atoms with van der Waals surface area (Å²) in [5.41, 5.74) is 3.22. The standard InChI is InChI=1S/C17H21F3N2O/c1-10-3-2-4-11-9-14(22-15(10)11)16(23)21-13-7-5-12(6-8-13)17(18,19)20/h2-4,12-14,22H,5-9H2,1H3,(H,21,23). The van der Waals surface area contributed by atoms with E-state index >= 15 is 0 Å². The molecule has 1 amide bonds. The molecule has 3 rings (SSSR count). The molecule has 1 fully saturated rings. The van der Waals surface area contributed by atoms with Crippen molar-refractivity contribution in [1.29, 1.82) is 0 Å². The number of anilines is 1. The third kappa shape index (κ3) is 3.46. The predicted molar refractivity (Wildman–Crippen MR) is 82.2 cm³/mol. The Morgan fingerprint density at radius 3 is 2.52 bits per heavy atom. The Hall–Kier alpha value is -1.72. The average molecular weight is 326 g/mol. The van der Waals surface area contributed by atoms with Crippen LogP contribution in [0.25, 0.3) is 0 Å². The van der Waals surface area contributed by atoms with Crippen LogP contribution in [0.4, 0.5) is 18.9 Å². The molecule has 1 heterocycles. The van der Waals surface area contributed by atoms with Crippen molar-refractivity contribution < 1.29 is 18.0 Å². The first-order valence-electron chi connectivity index (χ1n) is 8.06. The van der Waals surface area contributed by atoms with Gasteiger partial charge in [-0.05, 0) is 43.7 Å². The zero-order valence-electron chi connectivity index (χ0n) is 13.0. The highest BCUT2D eigenvalue weighted by molar-refractivity contribution is 5.88. The number of halogens is 3. The van der Waals surface area contributed by atoms with E-state index in [0.717, 1.165) is 16.8 Å². The molecule has 0 bridgehead atoms. The molecular formula is C17H21F3N2O. The van der Waals surface area contributed by atoms with Crippen LogP contribution >= 0.6 is 0 Å². The summed E-state index contributed by atoms with van der Waals surface area (Å²) in [5, 5.41) is 6.15. The minimum Gasteiger partial charge on any atom is -0.373 e. The van der Waals surface area contributed by atoms with Gasteiger partial charge >= 0.3 is 6.18 Å². The minimum absolute atomic E-state index is 0.103. The highest BCUT2D eigenvalue weighted by Crippen LogP contribution is 2.37. The number of amides is 1. The van der Waals surface area contributed by atoms with Gasteiger partial charge in [-0.1, -0.05) is 18.2 Å². The molecule has 1 aliphatic heterocycles. The van der Waals surface area contributed by atoms with Gasteiger partial charge in [-0.3, -0.25) is 4.79 Å². The molecule has 6 heteroatoms. The number of benzene rings is 1. The van der Waals surface area contributed by atoms with Crippen LogP contribution in [-0.2, 0) is 11.2 Å². The zero-order chi connectivity index (χ0) is 16.6. The van der Waals surface area contributed by atoms with Crippen molar-refractivity contribution in [3.8, 4) is 0 Å². The molecule has 0 spiro atoms. The van der Waals surface area contributed by atoms with E-state index in [1.54, 1.807) is 0 Å². The fourth-order valence-corrected chi connectivity index (χ4v) is 3.58. The molecule has 1 aromatic rings. The highest BCUT2D eigenvalue weighted by Gasteiger charge is 2.41. The Kier molecular flexibility index (Phi) is 4.25. The summed E-state index contributed by atoms with van der Waals surface area (Å²) in [4.78, 5) is 12.4. The van der Waals surface area contributed by atoms with Gasteiger partial charge in [0.25, 0.3) is 0 Å². The van der Waals surface area contributed by atoms with Crippen LogP contribution in [0.3, 0.4) is 0 Å². The van der Waals surface area contributed by atoms with Gasteiger partial charge in [-0.15, -0.1) is 0 Å². The number of aryl methyl sites for hydroxylation is 1. The number of carbonyl (C=O) groups is 1. The lowest BCUT2D eigenvalue weighted by atomic mass is 9.85. The van der Waals surface area contributed by atoms with Crippen molar-refractivity contribution in [3.63, 3.8) is 0 Å². The van der Waals surface area contributed by atoms with Gasteiger partial charge in [0.2, 0.25) is 5.91 Å². The molecule has 3 nitrogen and oxygen atoms in total. The first kappa shape index (κ1) is 16.1. The molecule has 2 N–H and O–H groups in total. The largest absolute Gasteiger partial charge is 0.391 e. The van der Waals surface area contributed by atoms with Gasteiger partial charge < -0.3 is 10.6 Å². The van der Waals surface area contributed by atoms with E-state index < -0.39 is 12.1 Å². The predicted octanol–water partition coefficient (Wildman–Crippen LogP) is 3.57. The van der Waals surface area contributed by atoms with Crippen molar-refractivity contribution in [2.45, 2.75) is 57.3 Å². The number of fused-ring (bicyclic) bond motifs is 1. The zero-order valence-corrected chi connectivity index (χ0v) is 13.0. The molecular weight excluding hydrogens is 305 g/mol. The quantitative estimate of drug-likeness (QED) is 0.872. The number of carbonyl (C=O) groups excluding carboxylic acids is 1. The molecule has 0 radical (unpaired) electrons. The van der Waals surface area contributed by atoms with Crippen molar-refractivity contribution in [3.05, 3.63) is 29.3 Å². The summed E-state index contributed by atoms with van der Waals surface area (Å²) in [6.07, 6.45) is -2.48. The third-order valence-electron chi connectivity index (χ3n) is 4.95. The van der Waals surface area contributed by atoms with E-state index in [-0.39, 0.29) is 30.8 Å². The number of para-hydroxylation sites is 1. The van der Waals surface area contributed by atoms with Gasteiger partial charge in [-0.2, -0.15) is 13.2 Å². The second-order valence-corrected chi connectivity index (χ2v) is 6.61. The van der Waals surface area contributed by atoms with Gasteiger partial charge in [0.05, 0.1) is 5.92 Å². The normalized spacial score (nSPS) is 27.2. The monoisotopic (exact) mass is 326 g/mol. The lowest BCUT2D eigenvalue weighted by Gasteiger charge is -2.30. The van der Waals surface area contributed by atoms with Crippen LogP contribution < -0.4 is 10.6 Å². The van der Waals surface area contributed by atoms with Crippen LogP contribution in [-0.4, -0.2) is 24.2 Å². The molecule has 0 aromatic heterocycles. The highest BCUT2D eigenvalue weighted by atomic mass is 19.4. The fourth-order valence-electron chi connectivity index (χ4n) is 3.58. The number of nitrogens with one attached hydrogen (secondary N) is 2. The van der Waals surface area contributed by atoms with Crippen LogP contribution in [0.15, 0.2) is 18.2 Å². The topological polar surface area (TPSA) is 41.1 Å². The number of hydrogen-bond donors (Lipinski definition) is 2. The second kappa shape index (κ2) is 6.06. The molecule has 23 heavy (non-hydrogen) atoms. The van der Waals surface area contributed by atoms with Gasteiger partial charge in [0.1, 0.15) is 6.04 Å². The maximum absolute atomic E-state index is 12.7. The van der Waals surface area contributed by atoms with Crippen molar-refractivity contribution in [1.82, 2.24) is 5.32 Å². The van der Waals surface area contributed by atoms with Gasteiger partial charge in [-0.25, -0.2) is 0 Å². The van der Waals surface area contributed by atoms with Crippen LogP contribution in [0, 0.1) is 12.8 Å². The molecule has 1 saturated carbocycles. The molecule has 1 aliphatic carbocycles. The smallest absolute Gasteiger partial charge is 0.373 e. The first-order chi connectivity index (χ1) is 10.8. The molecule has 1 aromatic carbocycles. The van der Waals surface area contributed by atoms with Crippen molar-refractivity contribution >= 4 is 11.6 Å². The van der Waals surface area contributed by atoms with Crippen molar-refractivity contribution in [2.75, 3.05) is 5.32 Å². The fraction of sp³-hybridized carbons (Fsp3) is 0.588. The summed E-state index contributed by atoms with van der Waals surface area (Å²) in [5.74, 6) is -1.33. The third-order valence-corrected chi connectivity index (χ3v) is 4.95. The van der Waals surface area contributed by atoms with Crippen LogP contribution in [0.5, 0.6) is 0 Å². The Labute approximate surface area is 133 Å². The lowest BCUT2D eigenvalue weighted by molar-refractivity contribution is -0.182. The Morgan fingerprint density at radius 2 is 1.91 bits per heavy atom. The summed E-state index contributed by atoms with van der Waals surface area (Å²) in [6.45, 7) is 1.99. The summed E-state index contributed by atoms with van der Waals surface area (Å²) >= 11 is 0. The molecule has 0 saturated heterocycles. The number of rotatable bonds is 2. The van der Waals surface area contributed by atoms with E-state index in [0.29, 0.717) is 19.3 Å². The molecule has 1 atom stereocenters. The van der Waals surface area contributed by atoms with Gasteiger partial charge in [0, 0.05) is 18.2 Å². The van der Waals surface area contributed by atoms with E-state index in [2.05, 4.69) is 10.6 Å². The minimum atomic E-state index is -4.11. The summed E-state index contributed by atoms with van der Waals surface area (Å²) < 4.78 is 38.0. The first-order valence-corrected chi connectivity index (χ1v) is 8.06. The number of alkyl halides is 3. The average Bonchev–Trinajstić information content (AvgIpc) is 2.92. The van der Waals surface area contributed by atoms with E-state index in [1.807, 2.05) is 25.1 Å². The molecule has 2 aliphatic rings. The van der Waals surface area contributed by atoms with E-state index in [4.69, 9.17) is 0 Å². The van der Waals surface area contributed by atoms with Crippen molar-refractivity contribution in [2.24, 2.45) is 5.92 Å². The maximum atomic E-state index is 12.7. The van der Waals surface area contributed by atoms with Crippen LogP contribution in [0.1, 0.15) is 36.8 Å². The summed E-state index contributed by atoms with van der Waals surface area (Å²) in [6, 6.07) is 5.48. The second-order valence-electron chi connectivity index (χ2n) is 6.61. The maximum Gasteiger partial charge on any atom is 0.391 e. The Morgan fingerprint density at radius 1 is 1.22 bits per heavy atom. The van der Waals surface area contributed by atoms with Gasteiger partial charge in [0.15, 0.2) is 0 Å². The molecule has 126 valence electrons. The van der Waals surface area contributed by atoms with Crippen LogP contribution in [0.2, 0.25) is 0 Å². The van der Waals surface area contributed by atoms with E-state index in [1.165, 1.54) is 0 Å². The van der Waals surface area contributed by atoms with E-state index in [9.17, 15) is 18.0 Å². The Balaban J connectivity index is 1.53. The number of hydrogen-bond acceptors (Lipinski definition) is 2. The molecule has 1 unspecified atom stereocenters.